The lowest BCUT2D eigenvalue weighted by molar-refractivity contribution is -0.136. The summed E-state index contributed by atoms with van der Waals surface area (Å²) in [6, 6.07) is 9.30. The van der Waals surface area contributed by atoms with Gasteiger partial charge in [-0.05, 0) is 48.2 Å². The monoisotopic (exact) mass is 475 g/mol. The molecule has 1 aromatic heterocycles. The molecule has 4 aliphatic rings. The lowest BCUT2D eigenvalue weighted by Gasteiger charge is -2.34. The van der Waals surface area contributed by atoms with Gasteiger partial charge in [-0.1, -0.05) is 6.07 Å². The molecule has 2 N–H and O–H groups in total. The van der Waals surface area contributed by atoms with E-state index in [1.807, 2.05) is 24.4 Å². The van der Waals surface area contributed by atoms with Crippen LogP contribution in [0.5, 0.6) is 0 Å². The number of amides is 3. The summed E-state index contributed by atoms with van der Waals surface area (Å²) in [7, 11) is 0. The van der Waals surface area contributed by atoms with Crippen molar-refractivity contribution < 1.29 is 19.1 Å². The summed E-state index contributed by atoms with van der Waals surface area (Å²) >= 11 is 0. The van der Waals surface area contributed by atoms with Gasteiger partial charge in [-0.2, -0.15) is 0 Å². The molecule has 2 aromatic rings. The molecule has 0 aliphatic carbocycles. The van der Waals surface area contributed by atoms with E-state index in [2.05, 4.69) is 32.7 Å². The zero-order chi connectivity index (χ0) is 24.0. The number of pyridine rings is 1. The van der Waals surface area contributed by atoms with Crippen LogP contribution in [0.2, 0.25) is 0 Å². The van der Waals surface area contributed by atoms with Crippen LogP contribution in [-0.2, 0) is 27.4 Å². The van der Waals surface area contributed by atoms with Crippen LogP contribution in [0.15, 0.2) is 36.5 Å². The smallest absolute Gasteiger partial charge is 0.255 e. The third kappa shape index (κ3) is 4.24. The van der Waals surface area contributed by atoms with Crippen LogP contribution < -0.4 is 10.6 Å². The number of aromatic nitrogens is 1. The van der Waals surface area contributed by atoms with Crippen LogP contribution >= 0.6 is 0 Å². The van der Waals surface area contributed by atoms with Gasteiger partial charge >= 0.3 is 0 Å². The highest BCUT2D eigenvalue weighted by Gasteiger charge is 2.41. The number of carbonyl (C=O) groups excluding carboxylic acids is 3. The molecule has 9 heteroatoms. The Hall–Kier alpha value is -3.14. The number of morpholine rings is 1. The van der Waals surface area contributed by atoms with Crippen molar-refractivity contribution in [3.8, 4) is 11.3 Å². The Morgan fingerprint density at radius 3 is 2.91 bits per heavy atom. The minimum atomic E-state index is -0.607. The van der Waals surface area contributed by atoms with Crippen LogP contribution in [0.25, 0.3) is 11.3 Å². The molecule has 0 bridgehead atoms. The predicted molar refractivity (Wildman–Crippen MR) is 127 cm³/mol. The molecule has 6 rings (SSSR count). The van der Waals surface area contributed by atoms with Gasteiger partial charge in [0, 0.05) is 63.0 Å². The average molecular weight is 476 g/mol. The number of hydrogen-bond donors (Lipinski definition) is 2. The molecular formula is C26H29N5O4. The Bertz CT molecular complexity index is 1190. The maximum atomic E-state index is 13.0. The van der Waals surface area contributed by atoms with Gasteiger partial charge in [0.25, 0.3) is 5.91 Å². The zero-order valence-corrected chi connectivity index (χ0v) is 19.6. The van der Waals surface area contributed by atoms with Gasteiger partial charge in [-0.25, -0.2) is 0 Å². The van der Waals surface area contributed by atoms with Gasteiger partial charge in [0.15, 0.2) is 0 Å². The number of nitrogens with zero attached hydrogens (tertiary/aromatic N) is 3. The van der Waals surface area contributed by atoms with E-state index < -0.39 is 11.9 Å². The van der Waals surface area contributed by atoms with Crippen LogP contribution in [0.3, 0.4) is 0 Å². The van der Waals surface area contributed by atoms with Gasteiger partial charge < -0.3 is 15.0 Å². The second-order valence-electron chi connectivity index (χ2n) is 9.99. The Kier molecular flexibility index (Phi) is 5.63. The number of piperidine rings is 1. The van der Waals surface area contributed by atoms with Gasteiger partial charge in [0.05, 0.1) is 17.9 Å². The molecule has 182 valence electrons. The first-order chi connectivity index (χ1) is 17.0. The first-order valence-corrected chi connectivity index (χ1v) is 12.3. The summed E-state index contributed by atoms with van der Waals surface area (Å²) in [5.41, 5.74) is 4.43. The standard InChI is InChI=1S/C26H29N5O4/c32-23-4-3-22(24(33)29-23)31-14-19-12-18(1-2-20(19)25(31)34)21-11-17(5-7-28-21)13-30-9-6-26(16-30)15-27-8-10-35-26/h1-2,5,7,11-12,22,27H,3-4,6,8-10,13-16H2,(H,29,32,33). The molecule has 3 saturated heterocycles. The number of imide groups is 1. The largest absolute Gasteiger partial charge is 0.371 e. The Morgan fingerprint density at radius 1 is 1.17 bits per heavy atom. The lowest BCUT2D eigenvalue weighted by Crippen LogP contribution is -2.52. The molecule has 0 radical (unpaired) electrons. The quantitative estimate of drug-likeness (QED) is 0.638. The van der Waals surface area contributed by atoms with E-state index in [4.69, 9.17) is 4.74 Å². The Morgan fingerprint density at radius 2 is 2.09 bits per heavy atom. The fourth-order valence-corrected chi connectivity index (χ4v) is 5.75. The SMILES string of the molecule is O=C1CCC(N2Cc3cc(-c4cc(CN5CCC6(CNCCO6)C5)ccn4)ccc3C2=O)C(=O)N1. The summed E-state index contributed by atoms with van der Waals surface area (Å²) in [5.74, 6) is -0.837. The highest BCUT2D eigenvalue weighted by molar-refractivity contribution is 6.05. The molecule has 5 heterocycles. The normalized spacial score (nSPS) is 26.9. The molecule has 35 heavy (non-hydrogen) atoms. The molecular weight excluding hydrogens is 446 g/mol. The molecule has 0 saturated carbocycles. The number of rotatable bonds is 4. The molecule has 1 spiro atoms. The summed E-state index contributed by atoms with van der Waals surface area (Å²) in [5, 5.41) is 5.81. The third-order valence-electron chi connectivity index (χ3n) is 7.58. The number of nitrogens with one attached hydrogen (secondary N) is 2. The Labute approximate surface area is 203 Å². The molecule has 3 amide bonds. The summed E-state index contributed by atoms with van der Waals surface area (Å²) in [4.78, 5) is 45.4. The number of likely N-dealkylation sites (tertiary alicyclic amines) is 1. The van der Waals surface area contributed by atoms with Crippen LogP contribution in [0.1, 0.15) is 40.7 Å². The average Bonchev–Trinajstić information content (AvgIpc) is 3.39. The first-order valence-electron chi connectivity index (χ1n) is 12.3. The molecule has 3 fully saturated rings. The minimum absolute atomic E-state index is 0.0605. The number of benzene rings is 1. The van der Waals surface area contributed by atoms with E-state index in [1.54, 1.807) is 4.90 Å². The number of carbonyl (C=O) groups is 3. The second kappa shape index (κ2) is 8.82. The zero-order valence-electron chi connectivity index (χ0n) is 19.6. The molecule has 4 aliphatic heterocycles. The first kappa shape index (κ1) is 22.3. The van der Waals surface area contributed by atoms with Crippen molar-refractivity contribution in [1.82, 2.24) is 25.4 Å². The van der Waals surface area contributed by atoms with E-state index in [-0.39, 0.29) is 23.8 Å². The topological polar surface area (TPSA) is 104 Å². The number of hydrogen-bond acceptors (Lipinski definition) is 7. The summed E-state index contributed by atoms with van der Waals surface area (Å²) in [6.07, 6.45) is 3.49. The molecule has 1 aromatic carbocycles. The molecule has 9 nitrogen and oxygen atoms in total. The van der Waals surface area contributed by atoms with Crippen molar-refractivity contribution in [2.75, 3.05) is 32.8 Å². The molecule has 2 atom stereocenters. The minimum Gasteiger partial charge on any atom is -0.371 e. The maximum Gasteiger partial charge on any atom is 0.255 e. The highest BCUT2D eigenvalue weighted by atomic mass is 16.5. The van der Waals surface area contributed by atoms with Crippen molar-refractivity contribution in [2.24, 2.45) is 0 Å². The van der Waals surface area contributed by atoms with Crippen molar-refractivity contribution >= 4 is 17.7 Å². The number of ether oxygens (including phenoxy) is 1. The number of fused-ring (bicyclic) bond motifs is 1. The van der Waals surface area contributed by atoms with Gasteiger partial charge in [0.1, 0.15) is 6.04 Å². The highest BCUT2D eigenvalue weighted by Crippen LogP contribution is 2.32. The fourth-order valence-electron chi connectivity index (χ4n) is 5.75. The van der Waals surface area contributed by atoms with Crippen LogP contribution in [-0.4, -0.2) is 76.9 Å². The van der Waals surface area contributed by atoms with Crippen LogP contribution in [0.4, 0.5) is 0 Å². The van der Waals surface area contributed by atoms with E-state index in [0.717, 1.165) is 62.6 Å². The summed E-state index contributed by atoms with van der Waals surface area (Å²) in [6.45, 7) is 5.74. The molecule has 2 unspecified atom stereocenters. The second-order valence-corrected chi connectivity index (χ2v) is 9.99. The van der Waals surface area contributed by atoms with Gasteiger partial charge in [0.2, 0.25) is 11.8 Å². The van der Waals surface area contributed by atoms with E-state index in [9.17, 15) is 14.4 Å². The van der Waals surface area contributed by atoms with Crippen molar-refractivity contribution in [3.05, 3.63) is 53.2 Å². The van der Waals surface area contributed by atoms with Crippen molar-refractivity contribution in [3.63, 3.8) is 0 Å². The van der Waals surface area contributed by atoms with Crippen molar-refractivity contribution in [2.45, 2.75) is 44.0 Å². The van der Waals surface area contributed by atoms with E-state index in [1.165, 1.54) is 5.56 Å². The van der Waals surface area contributed by atoms with Crippen LogP contribution in [0, 0.1) is 0 Å². The van der Waals surface area contributed by atoms with Crippen molar-refractivity contribution in [1.29, 1.82) is 0 Å². The van der Waals surface area contributed by atoms with E-state index in [0.29, 0.717) is 18.5 Å². The van der Waals surface area contributed by atoms with Gasteiger partial charge in [-0.3, -0.25) is 29.6 Å². The lowest BCUT2D eigenvalue weighted by atomic mass is 10.0. The Balaban J connectivity index is 1.17. The van der Waals surface area contributed by atoms with Gasteiger partial charge in [-0.15, -0.1) is 0 Å². The summed E-state index contributed by atoms with van der Waals surface area (Å²) < 4.78 is 6.11. The maximum absolute atomic E-state index is 13.0. The van der Waals surface area contributed by atoms with E-state index >= 15 is 0 Å². The third-order valence-corrected chi connectivity index (χ3v) is 7.58. The predicted octanol–water partition coefficient (Wildman–Crippen LogP) is 1.07. The fraction of sp³-hybridized carbons (Fsp3) is 0.462.